The minimum Gasteiger partial charge on any atom is -0.330 e. The molecule has 0 fully saturated rings. The summed E-state index contributed by atoms with van der Waals surface area (Å²) >= 11 is 0. The van der Waals surface area contributed by atoms with Crippen LogP contribution < -0.4 is 5.73 Å². The summed E-state index contributed by atoms with van der Waals surface area (Å²) in [6, 6.07) is 0. The van der Waals surface area contributed by atoms with E-state index in [0.29, 0.717) is 6.54 Å². The number of nitrogens with zero attached hydrogens (tertiary/aromatic N) is 3. The predicted octanol–water partition coefficient (Wildman–Crippen LogP) is 1.67. The SMILES string of the molecule is CCCCCCn1nnc(CCN)c1C. The van der Waals surface area contributed by atoms with Crippen LogP contribution in [0.3, 0.4) is 0 Å². The van der Waals surface area contributed by atoms with Crippen LogP contribution in [0.5, 0.6) is 0 Å². The second-order valence-corrected chi connectivity index (χ2v) is 3.94. The lowest BCUT2D eigenvalue weighted by atomic mass is 10.2. The fourth-order valence-electron chi connectivity index (χ4n) is 1.66. The van der Waals surface area contributed by atoms with Gasteiger partial charge in [0.2, 0.25) is 0 Å². The van der Waals surface area contributed by atoms with E-state index in [1.165, 1.54) is 31.4 Å². The van der Waals surface area contributed by atoms with E-state index >= 15 is 0 Å². The summed E-state index contributed by atoms with van der Waals surface area (Å²) in [5.41, 5.74) is 7.73. The van der Waals surface area contributed by atoms with Crippen molar-refractivity contribution in [3.05, 3.63) is 11.4 Å². The van der Waals surface area contributed by atoms with Gasteiger partial charge < -0.3 is 5.73 Å². The smallest absolute Gasteiger partial charge is 0.0868 e. The van der Waals surface area contributed by atoms with E-state index in [0.717, 1.165) is 18.7 Å². The van der Waals surface area contributed by atoms with E-state index in [2.05, 4.69) is 24.2 Å². The molecule has 86 valence electrons. The summed E-state index contributed by atoms with van der Waals surface area (Å²) in [7, 11) is 0. The molecule has 0 bridgehead atoms. The highest BCUT2D eigenvalue weighted by Crippen LogP contribution is 2.07. The number of rotatable bonds is 7. The molecule has 2 N–H and O–H groups in total. The van der Waals surface area contributed by atoms with Crippen LogP contribution in [0.4, 0.5) is 0 Å². The van der Waals surface area contributed by atoms with E-state index in [-0.39, 0.29) is 0 Å². The molecule has 0 unspecified atom stereocenters. The highest BCUT2D eigenvalue weighted by molar-refractivity contribution is 5.07. The predicted molar refractivity (Wildman–Crippen MR) is 61.7 cm³/mol. The summed E-state index contributed by atoms with van der Waals surface area (Å²) < 4.78 is 2.00. The van der Waals surface area contributed by atoms with Gasteiger partial charge in [-0.05, 0) is 19.9 Å². The zero-order chi connectivity index (χ0) is 11.1. The Bertz CT molecular complexity index is 280. The van der Waals surface area contributed by atoms with E-state index < -0.39 is 0 Å². The van der Waals surface area contributed by atoms with E-state index in [1.807, 2.05) is 4.68 Å². The third-order valence-corrected chi connectivity index (χ3v) is 2.68. The first kappa shape index (κ1) is 12.2. The van der Waals surface area contributed by atoms with Gasteiger partial charge in [0.25, 0.3) is 0 Å². The van der Waals surface area contributed by atoms with Gasteiger partial charge in [0, 0.05) is 13.0 Å². The highest BCUT2D eigenvalue weighted by atomic mass is 15.4. The van der Waals surface area contributed by atoms with Gasteiger partial charge in [-0.3, -0.25) is 0 Å². The van der Waals surface area contributed by atoms with Crippen LogP contribution in [0.25, 0.3) is 0 Å². The number of nitrogens with two attached hydrogens (primary N) is 1. The molecule has 15 heavy (non-hydrogen) atoms. The average molecular weight is 210 g/mol. The summed E-state index contributed by atoms with van der Waals surface area (Å²) in [5, 5.41) is 8.28. The van der Waals surface area contributed by atoms with Crippen LogP contribution in [-0.4, -0.2) is 21.5 Å². The summed E-state index contributed by atoms with van der Waals surface area (Å²) in [6.45, 7) is 5.93. The minimum atomic E-state index is 0.648. The van der Waals surface area contributed by atoms with Crippen LogP contribution in [0, 0.1) is 6.92 Å². The Morgan fingerprint density at radius 1 is 1.27 bits per heavy atom. The molecule has 0 aliphatic rings. The normalized spacial score (nSPS) is 10.9. The Morgan fingerprint density at radius 3 is 2.73 bits per heavy atom. The fraction of sp³-hybridized carbons (Fsp3) is 0.818. The molecular formula is C11H22N4. The molecule has 0 aliphatic carbocycles. The van der Waals surface area contributed by atoms with Gasteiger partial charge in [0.1, 0.15) is 0 Å². The summed E-state index contributed by atoms with van der Waals surface area (Å²) in [6.07, 6.45) is 5.89. The van der Waals surface area contributed by atoms with Crippen molar-refractivity contribution in [3.8, 4) is 0 Å². The first-order valence-electron chi connectivity index (χ1n) is 5.88. The number of aryl methyl sites for hydroxylation is 1. The van der Waals surface area contributed by atoms with Crippen LogP contribution in [-0.2, 0) is 13.0 Å². The van der Waals surface area contributed by atoms with E-state index in [9.17, 15) is 0 Å². The van der Waals surface area contributed by atoms with Crippen molar-refractivity contribution in [2.24, 2.45) is 5.73 Å². The fourth-order valence-corrected chi connectivity index (χ4v) is 1.66. The van der Waals surface area contributed by atoms with Crippen molar-refractivity contribution in [1.29, 1.82) is 0 Å². The number of hydrogen-bond acceptors (Lipinski definition) is 3. The minimum absolute atomic E-state index is 0.648. The molecule has 0 amide bonds. The quantitative estimate of drug-likeness (QED) is 0.696. The van der Waals surface area contributed by atoms with Gasteiger partial charge >= 0.3 is 0 Å². The monoisotopic (exact) mass is 210 g/mol. The lowest BCUT2D eigenvalue weighted by Gasteiger charge is -2.03. The maximum atomic E-state index is 5.50. The standard InChI is InChI=1S/C11H22N4/c1-3-4-5-6-9-15-10(2)11(7-8-12)13-14-15/h3-9,12H2,1-2H3. The van der Waals surface area contributed by atoms with Crippen molar-refractivity contribution in [2.45, 2.75) is 52.5 Å². The zero-order valence-corrected chi connectivity index (χ0v) is 9.87. The van der Waals surface area contributed by atoms with E-state index in [1.54, 1.807) is 0 Å². The van der Waals surface area contributed by atoms with Crippen molar-refractivity contribution >= 4 is 0 Å². The first-order chi connectivity index (χ1) is 7.29. The molecule has 0 aromatic carbocycles. The Morgan fingerprint density at radius 2 is 2.07 bits per heavy atom. The van der Waals surface area contributed by atoms with Gasteiger partial charge in [0.05, 0.1) is 11.4 Å². The van der Waals surface area contributed by atoms with Crippen LogP contribution in [0.1, 0.15) is 44.0 Å². The molecule has 0 atom stereocenters. The Kier molecular flexibility index (Phi) is 5.32. The van der Waals surface area contributed by atoms with Crippen molar-refractivity contribution in [2.75, 3.05) is 6.54 Å². The number of unbranched alkanes of at least 4 members (excludes halogenated alkanes) is 3. The molecule has 0 radical (unpaired) electrons. The van der Waals surface area contributed by atoms with Gasteiger partial charge in [0.15, 0.2) is 0 Å². The molecule has 1 aromatic rings. The molecule has 4 heteroatoms. The molecule has 0 saturated carbocycles. The van der Waals surface area contributed by atoms with Gasteiger partial charge in [-0.2, -0.15) is 0 Å². The van der Waals surface area contributed by atoms with Crippen molar-refractivity contribution < 1.29 is 0 Å². The maximum Gasteiger partial charge on any atom is 0.0868 e. The molecule has 0 saturated heterocycles. The Balaban J connectivity index is 2.40. The molecule has 0 spiro atoms. The average Bonchev–Trinajstić information content (AvgIpc) is 2.57. The number of aromatic nitrogens is 3. The third kappa shape index (κ3) is 3.63. The van der Waals surface area contributed by atoms with Gasteiger partial charge in [-0.1, -0.05) is 31.4 Å². The molecular weight excluding hydrogens is 188 g/mol. The van der Waals surface area contributed by atoms with Crippen LogP contribution in [0.15, 0.2) is 0 Å². The highest BCUT2D eigenvalue weighted by Gasteiger charge is 2.06. The second-order valence-electron chi connectivity index (χ2n) is 3.94. The summed E-state index contributed by atoms with van der Waals surface area (Å²) in [4.78, 5) is 0. The second kappa shape index (κ2) is 6.56. The zero-order valence-electron chi connectivity index (χ0n) is 9.87. The summed E-state index contributed by atoms with van der Waals surface area (Å²) in [5.74, 6) is 0. The third-order valence-electron chi connectivity index (χ3n) is 2.68. The maximum absolute atomic E-state index is 5.50. The van der Waals surface area contributed by atoms with Crippen LogP contribution in [0.2, 0.25) is 0 Å². The van der Waals surface area contributed by atoms with Crippen molar-refractivity contribution in [1.82, 2.24) is 15.0 Å². The largest absolute Gasteiger partial charge is 0.330 e. The lowest BCUT2D eigenvalue weighted by Crippen LogP contribution is -2.06. The van der Waals surface area contributed by atoms with Crippen LogP contribution >= 0.6 is 0 Å². The Hall–Kier alpha value is -0.900. The molecule has 0 aliphatic heterocycles. The lowest BCUT2D eigenvalue weighted by molar-refractivity contribution is 0.519. The number of hydrogen-bond donors (Lipinski definition) is 1. The molecule has 4 nitrogen and oxygen atoms in total. The molecule has 1 rings (SSSR count). The molecule has 1 heterocycles. The Labute approximate surface area is 91.9 Å². The van der Waals surface area contributed by atoms with Gasteiger partial charge in [-0.25, -0.2) is 4.68 Å². The van der Waals surface area contributed by atoms with Gasteiger partial charge in [-0.15, -0.1) is 5.10 Å². The topological polar surface area (TPSA) is 56.7 Å². The van der Waals surface area contributed by atoms with Crippen molar-refractivity contribution in [3.63, 3.8) is 0 Å². The molecule has 1 aromatic heterocycles. The van der Waals surface area contributed by atoms with E-state index in [4.69, 9.17) is 5.73 Å². The first-order valence-corrected chi connectivity index (χ1v) is 5.88.